The summed E-state index contributed by atoms with van der Waals surface area (Å²) in [5.41, 5.74) is 0.304. The molecule has 2 N–H and O–H groups in total. The lowest BCUT2D eigenvalue weighted by Crippen LogP contribution is -2.53. The molecule has 0 atom stereocenters. The molecule has 1 spiro atoms. The van der Waals surface area contributed by atoms with Crippen LogP contribution in [0.15, 0.2) is 0 Å². The van der Waals surface area contributed by atoms with Crippen LogP contribution < -0.4 is 10.6 Å². The van der Waals surface area contributed by atoms with Crippen LogP contribution >= 0.6 is 0 Å². The first kappa shape index (κ1) is 13.7. The monoisotopic (exact) mass is 254 g/mol. The first-order valence-corrected chi connectivity index (χ1v) is 7.09. The zero-order valence-corrected chi connectivity index (χ0v) is 11.8. The first-order valence-electron chi connectivity index (χ1n) is 7.09. The number of carbonyl (C=O) groups is 1. The van der Waals surface area contributed by atoms with Crippen LogP contribution in [0, 0.1) is 5.41 Å². The van der Waals surface area contributed by atoms with Gasteiger partial charge in [-0.1, -0.05) is 6.42 Å². The van der Waals surface area contributed by atoms with Gasteiger partial charge in [-0.25, -0.2) is 4.79 Å². The average molecular weight is 254 g/mol. The molecule has 0 aromatic rings. The molecule has 4 nitrogen and oxygen atoms in total. The first-order chi connectivity index (χ1) is 8.39. The van der Waals surface area contributed by atoms with Crippen molar-refractivity contribution in [2.45, 2.75) is 64.5 Å². The van der Waals surface area contributed by atoms with Crippen molar-refractivity contribution < 1.29 is 9.53 Å². The fraction of sp³-hybridized carbons (Fsp3) is 0.929. The Labute approximate surface area is 110 Å². The van der Waals surface area contributed by atoms with Gasteiger partial charge in [-0.05, 0) is 51.9 Å². The van der Waals surface area contributed by atoms with Crippen molar-refractivity contribution in [2.75, 3.05) is 13.1 Å². The largest absolute Gasteiger partial charge is 0.444 e. The minimum absolute atomic E-state index is 0.326. The zero-order chi connectivity index (χ0) is 13.2. The summed E-state index contributed by atoms with van der Waals surface area (Å²) in [7, 11) is 0. The summed E-state index contributed by atoms with van der Waals surface area (Å²) in [5, 5.41) is 6.26. The number of rotatable bonds is 4. The molecule has 2 rings (SSSR count). The van der Waals surface area contributed by atoms with Gasteiger partial charge < -0.3 is 15.4 Å². The van der Waals surface area contributed by atoms with Gasteiger partial charge in [0, 0.05) is 19.1 Å². The highest BCUT2D eigenvalue weighted by atomic mass is 16.6. The van der Waals surface area contributed by atoms with E-state index in [4.69, 9.17) is 4.74 Å². The fourth-order valence-corrected chi connectivity index (χ4v) is 2.97. The molecule has 2 aliphatic rings. The Morgan fingerprint density at radius 2 is 1.94 bits per heavy atom. The van der Waals surface area contributed by atoms with Crippen molar-refractivity contribution in [1.29, 1.82) is 0 Å². The number of ether oxygens (including phenoxy) is 1. The third kappa shape index (κ3) is 3.61. The molecule has 0 bridgehead atoms. The maximum Gasteiger partial charge on any atom is 0.407 e. The van der Waals surface area contributed by atoms with E-state index in [2.05, 4.69) is 10.6 Å². The smallest absolute Gasteiger partial charge is 0.407 e. The summed E-state index contributed by atoms with van der Waals surface area (Å²) in [6, 6.07) is 0.672. The summed E-state index contributed by atoms with van der Waals surface area (Å²) >= 11 is 0. The van der Waals surface area contributed by atoms with Gasteiger partial charge in [0.1, 0.15) is 5.60 Å². The Balaban J connectivity index is 1.48. The minimum atomic E-state index is -0.415. The maximum atomic E-state index is 11.4. The molecular formula is C14H26N2O2. The van der Waals surface area contributed by atoms with Gasteiger partial charge in [0.25, 0.3) is 0 Å². The van der Waals surface area contributed by atoms with E-state index in [0.29, 0.717) is 12.6 Å². The highest BCUT2D eigenvalue weighted by Gasteiger charge is 2.47. The van der Waals surface area contributed by atoms with E-state index >= 15 is 0 Å². The van der Waals surface area contributed by atoms with Crippen LogP contribution in [-0.4, -0.2) is 30.8 Å². The van der Waals surface area contributed by atoms with Crippen LogP contribution in [0.1, 0.15) is 52.9 Å². The van der Waals surface area contributed by atoms with Crippen molar-refractivity contribution in [3.63, 3.8) is 0 Å². The van der Waals surface area contributed by atoms with E-state index < -0.39 is 5.60 Å². The number of carbonyl (C=O) groups excluding carboxylic acids is 1. The molecule has 0 saturated heterocycles. The highest BCUT2D eigenvalue weighted by Crippen LogP contribution is 2.55. The molecule has 0 radical (unpaired) electrons. The molecule has 2 aliphatic carbocycles. The van der Waals surface area contributed by atoms with Crippen LogP contribution in [0.5, 0.6) is 0 Å². The Hall–Kier alpha value is -0.770. The van der Waals surface area contributed by atoms with Gasteiger partial charge in [0.2, 0.25) is 0 Å². The summed E-state index contributed by atoms with van der Waals surface area (Å²) in [5.74, 6) is 0. The van der Waals surface area contributed by atoms with Gasteiger partial charge in [0.05, 0.1) is 0 Å². The molecule has 18 heavy (non-hydrogen) atoms. The predicted octanol–water partition coefficient (Wildman–Crippen LogP) is 2.43. The van der Waals surface area contributed by atoms with Crippen LogP contribution in [-0.2, 0) is 4.74 Å². The third-order valence-corrected chi connectivity index (χ3v) is 4.00. The van der Waals surface area contributed by atoms with E-state index in [9.17, 15) is 4.79 Å². The van der Waals surface area contributed by atoms with Crippen molar-refractivity contribution in [1.82, 2.24) is 10.6 Å². The minimum Gasteiger partial charge on any atom is -0.444 e. The Kier molecular flexibility index (Phi) is 3.85. The molecule has 0 aromatic heterocycles. The SMILES string of the molecule is CC(C)(C)OC(=O)NCCNC1CC2(CCC2)C1. The predicted molar refractivity (Wildman–Crippen MR) is 71.5 cm³/mol. The summed E-state index contributed by atoms with van der Waals surface area (Å²) in [6.07, 6.45) is 6.63. The van der Waals surface area contributed by atoms with Gasteiger partial charge in [-0.3, -0.25) is 0 Å². The Morgan fingerprint density at radius 3 is 2.44 bits per heavy atom. The van der Waals surface area contributed by atoms with Crippen molar-refractivity contribution in [3.05, 3.63) is 0 Å². The molecule has 4 heteroatoms. The number of hydrogen-bond acceptors (Lipinski definition) is 3. The fourth-order valence-electron chi connectivity index (χ4n) is 2.97. The third-order valence-electron chi connectivity index (χ3n) is 4.00. The topological polar surface area (TPSA) is 50.4 Å². The molecule has 2 saturated carbocycles. The molecule has 0 unspecified atom stereocenters. The lowest BCUT2D eigenvalue weighted by Gasteiger charge is -2.54. The van der Waals surface area contributed by atoms with E-state index in [0.717, 1.165) is 12.0 Å². The Bertz CT molecular complexity index is 297. The average Bonchev–Trinajstić information content (AvgIpc) is 2.08. The highest BCUT2D eigenvalue weighted by molar-refractivity contribution is 5.67. The van der Waals surface area contributed by atoms with Gasteiger partial charge in [-0.15, -0.1) is 0 Å². The second kappa shape index (κ2) is 5.08. The summed E-state index contributed by atoms with van der Waals surface area (Å²) < 4.78 is 5.17. The van der Waals surface area contributed by atoms with Crippen molar-refractivity contribution >= 4 is 6.09 Å². The summed E-state index contributed by atoms with van der Waals surface area (Å²) in [4.78, 5) is 11.4. The normalized spacial score (nSPS) is 22.2. The quantitative estimate of drug-likeness (QED) is 0.758. The van der Waals surface area contributed by atoms with Gasteiger partial charge in [-0.2, -0.15) is 0 Å². The summed E-state index contributed by atoms with van der Waals surface area (Å²) in [6.45, 7) is 7.09. The molecule has 0 aromatic carbocycles. The van der Waals surface area contributed by atoms with Crippen LogP contribution in [0.4, 0.5) is 4.79 Å². The number of alkyl carbamates (subject to hydrolysis) is 1. The molecule has 0 heterocycles. The molecule has 2 fully saturated rings. The van der Waals surface area contributed by atoms with Gasteiger partial charge >= 0.3 is 6.09 Å². The standard InChI is InChI=1S/C14H26N2O2/c1-13(2,3)18-12(17)16-8-7-15-11-9-14(10-11)5-4-6-14/h11,15H,4-10H2,1-3H3,(H,16,17). The second-order valence-electron chi connectivity index (χ2n) is 6.84. The van der Waals surface area contributed by atoms with Crippen molar-refractivity contribution in [2.24, 2.45) is 5.41 Å². The van der Waals surface area contributed by atoms with Gasteiger partial charge in [0.15, 0.2) is 0 Å². The Morgan fingerprint density at radius 1 is 1.28 bits per heavy atom. The number of nitrogens with one attached hydrogen (secondary N) is 2. The second-order valence-corrected chi connectivity index (χ2v) is 6.84. The molecule has 1 amide bonds. The molecular weight excluding hydrogens is 228 g/mol. The zero-order valence-electron chi connectivity index (χ0n) is 11.8. The van der Waals surface area contributed by atoms with Crippen LogP contribution in [0.2, 0.25) is 0 Å². The van der Waals surface area contributed by atoms with E-state index in [1.165, 1.54) is 32.1 Å². The number of hydrogen-bond donors (Lipinski definition) is 2. The van der Waals surface area contributed by atoms with Crippen LogP contribution in [0.3, 0.4) is 0 Å². The van der Waals surface area contributed by atoms with E-state index in [1.54, 1.807) is 0 Å². The maximum absolute atomic E-state index is 11.4. The lowest BCUT2D eigenvalue weighted by atomic mass is 9.54. The van der Waals surface area contributed by atoms with Crippen LogP contribution in [0.25, 0.3) is 0 Å². The molecule has 104 valence electrons. The van der Waals surface area contributed by atoms with Crippen molar-refractivity contribution in [3.8, 4) is 0 Å². The molecule has 0 aliphatic heterocycles. The van der Waals surface area contributed by atoms with E-state index in [-0.39, 0.29) is 6.09 Å². The lowest BCUT2D eigenvalue weighted by molar-refractivity contribution is -0.00187. The number of amides is 1. The van der Waals surface area contributed by atoms with E-state index in [1.807, 2.05) is 20.8 Å².